The summed E-state index contributed by atoms with van der Waals surface area (Å²) >= 11 is 7.51. The van der Waals surface area contributed by atoms with Gasteiger partial charge in [0, 0.05) is 31.1 Å². The van der Waals surface area contributed by atoms with Crippen molar-refractivity contribution in [2.75, 3.05) is 31.2 Å². The Kier molecular flexibility index (Phi) is 5.86. The first-order valence-electron chi connectivity index (χ1n) is 10.2. The maximum absolute atomic E-state index is 12.5. The van der Waals surface area contributed by atoms with Crippen molar-refractivity contribution in [3.05, 3.63) is 75.3 Å². The highest BCUT2D eigenvalue weighted by molar-refractivity contribution is 7.98. The summed E-state index contributed by atoms with van der Waals surface area (Å²) in [4.78, 5) is 19.3. The number of fused-ring (bicyclic) bond motifs is 1. The van der Waals surface area contributed by atoms with Crippen LogP contribution in [0.2, 0.25) is 5.02 Å². The van der Waals surface area contributed by atoms with Gasteiger partial charge >= 0.3 is 0 Å². The minimum atomic E-state index is -0.164. The van der Waals surface area contributed by atoms with Gasteiger partial charge < -0.3 is 9.64 Å². The zero-order valence-electron chi connectivity index (χ0n) is 17.4. The summed E-state index contributed by atoms with van der Waals surface area (Å²) in [6, 6.07) is 13.2. The molecule has 1 aromatic carbocycles. The third-order valence-electron chi connectivity index (χ3n) is 5.29. The van der Waals surface area contributed by atoms with Crippen molar-refractivity contribution in [1.29, 1.82) is 0 Å². The van der Waals surface area contributed by atoms with E-state index in [0.29, 0.717) is 35.3 Å². The van der Waals surface area contributed by atoms with Crippen LogP contribution in [0.5, 0.6) is 0 Å². The molecule has 3 aromatic heterocycles. The number of halogens is 1. The Balaban J connectivity index is 1.49. The number of morpholine rings is 1. The van der Waals surface area contributed by atoms with Gasteiger partial charge in [0.1, 0.15) is 5.65 Å². The Morgan fingerprint density at radius 3 is 2.75 bits per heavy atom. The van der Waals surface area contributed by atoms with Gasteiger partial charge in [-0.2, -0.15) is 0 Å². The Morgan fingerprint density at radius 1 is 1.12 bits per heavy atom. The molecular formula is C22H21ClN6O2S. The Hall–Kier alpha value is -2.88. The SMILES string of the molecule is Cc1ccccc1-n1c(SCc2cc(=O)n3cc(Cl)ccc3n2)nnc1N1CCOCC1. The quantitative estimate of drug-likeness (QED) is 0.415. The molecule has 8 nitrogen and oxygen atoms in total. The van der Waals surface area contributed by atoms with Gasteiger partial charge in [-0.05, 0) is 30.7 Å². The predicted molar refractivity (Wildman–Crippen MR) is 125 cm³/mol. The van der Waals surface area contributed by atoms with E-state index >= 15 is 0 Å². The standard InChI is InChI=1S/C22H21ClN6O2S/c1-15-4-2-3-5-18(15)29-21(27-8-10-31-11-9-27)25-26-22(29)32-14-17-12-20(30)28-13-16(23)6-7-19(28)24-17/h2-7,12-13H,8-11,14H2,1H3. The van der Waals surface area contributed by atoms with Crippen molar-refractivity contribution < 1.29 is 4.74 Å². The zero-order chi connectivity index (χ0) is 22.1. The number of hydrogen-bond acceptors (Lipinski definition) is 7. The van der Waals surface area contributed by atoms with Gasteiger partial charge in [-0.3, -0.25) is 13.8 Å². The molecule has 0 aliphatic carbocycles. The van der Waals surface area contributed by atoms with Gasteiger partial charge in [0.05, 0.1) is 29.6 Å². The van der Waals surface area contributed by atoms with Crippen molar-refractivity contribution in [3.8, 4) is 5.69 Å². The third kappa shape index (κ3) is 4.11. The number of thioether (sulfide) groups is 1. The number of pyridine rings is 1. The molecule has 5 rings (SSSR count). The number of nitrogens with zero attached hydrogens (tertiary/aromatic N) is 6. The second-order valence-corrected chi connectivity index (χ2v) is 8.83. The van der Waals surface area contributed by atoms with E-state index in [1.807, 2.05) is 12.1 Å². The van der Waals surface area contributed by atoms with Crippen molar-refractivity contribution >= 4 is 35.0 Å². The summed E-state index contributed by atoms with van der Waals surface area (Å²) < 4.78 is 9.03. The maximum atomic E-state index is 12.5. The van der Waals surface area contributed by atoms with Crippen LogP contribution in [0, 0.1) is 6.92 Å². The molecule has 0 saturated carbocycles. The lowest BCUT2D eigenvalue weighted by molar-refractivity contribution is 0.122. The smallest absolute Gasteiger partial charge is 0.258 e. The normalized spacial score (nSPS) is 14.2. The van der Waals surface area contributed by atoms with Crippen molar-refractivity contribution in [2.24, 2.45) is 0 Å². The molecule has 4 aromatic rings. The monoisotopic (exact) mass is 468 g/mol. The van der Waals surface area contributed by atoms with Gasteiger partial charge in [0.2, 0.25) is 5.95 Å². The number of rotatable bonds is 5. The molecule has 0 unspecified atom stereocenters. The second kappa shape index (κ2) is 8.93. The lowest BCUT2D eigenvalue weighted by Crippen LogP contribution is -2.38. The van der Waals surface area contributed by atoms with E-state index in [9.17, 15) is 4.79 Å². The first kappa shape index (κ1) is 21.0. The van der Waals surface area contributed by atoms with Crippen LogP contribution < -0.4 is 10.5 Å². The van der Waals surface area contributed by atoms with E-state index < -0.39 is 0 Å². The summed E-state index contributed by atoms with van der Waals surface area (Å²) in [6.45, 7) is 4.93. The first-order chi connectivity index (χ1) is 15.6. The van der Waals surface area contributed by atoms with Gasteiger partial charge in [-0.15, -0.1) is 10.2 Å². The van der Waals surface area contributed by atoms with Gasteiger partial charge in [0.15, 0.2) is 5.16 Å². The summed E-state index contributed by atoms with van der Waals surface area (Å²) in [5.41, 5.74) is 3.23. The third-order valence-corrected chi connectivity index (χ3v) is 6.48. The summed E-state index contributed by atoms with van der Waals surface area (Å²) in [7, 11) is 0. The fourth-order valence-corrected chi connectivity index (χ4v) is 4.68. The molecule has 0 spiro atoms. The Morgan fingerprint density at radius 2 is 1.94 bits per heavy atom. The molecule has 0 N–H and O–H groups in total. The Bertz CT molecular complexity index is 1330. The first-order valence-corrected chi connectivity index (χ1v) is 11.6. The van der Waals surface area contributed by atoms with Crippen LogP contribution in [0.15, 0.2) is 58.6 Å². The van der Waals surface area contributed by atoms with Crippen LogP contribution in [0.25, 0.3) is 11.3 Å². The van der Waals surface area contributed by atoms with Crippen molar-refractivity contribution in [1.82, 2.24) is 24.1 Å². The summed E-state index contributed by atoms with van der Waals surface area (Å²) in [6.07, 6.45) is 1.58. The molecule has 0 bridgehead atoms. The number of anilines is 1. The molecular weight excluding hydrogens is 448 g/mol. The molecule has 4 heterocycles. The van der Waals surface area contributed by atoms with Crippen LogP contribution in [0.1, 0.15) is 11.3 Å². The molecule has 1 fully saturated rings. The highest BCUT2D eigenvalue weighted by Gasteiger charge is 2.22. The molecule has 1 aliphatic heterocycles. The summed E-state index contributed by atoms with van der Waals surface area (Å²) in [5, 5.41) is 10.2. The highest BCUT2D eigenvalue weighted by Crippen LogP contribution is 2.30. The average Bonchev–Trinajstić information content (AvgIpc) is 3.23. The maximum Gasteiger partial charge on any atom is 0.258 e. The van der Waals surface area contributed by atoms with E-state index in [0.717, 1.165) is 35.4 Å². The number of para-hydroxylation sites is 1. The number of benzene rings is 1. The topological polar surface area (TPSA) is 77.5 Å². The van der Waals surface area contributed by atoms with Gasteiger partial charge in [0.25, 0.3) is 5.56 Å². The molecule has 0 radical (unpaired) electrons. The van der Waals surface area contributed by atoms with E-state index in [1.54, 1.807) is 18.3 Å². The number of hydrogen-bond donors (Lipinski definition) is 0. The summed E-state index contributed by atoms with van der Waals surface area (Å²) in [5.74, 6) is 1.29. The number of aromatic nitrogens is 5. The fraction of sp³-hybridized carbons (Fsp3) is 0.273. The molecule has 0 atom stereocenters. The largest absolute Gasteiger partial charge is 0.378 e. The fourth-order valence-electron chi connectivity index (χ4n) is 3.69. The zero-order valence-corrected chi connectivity index (χ0v) is 19.0. The van der Waals surface area contributed by atoms with E-state index in [4.69, 9.17) is 16.3 Å². The number of aryl methyl sites for hydroxylation is 1. The van der Waals surface area contributed by atoms with Gasteiger partial charge in [-0.25, -0.2) is 4.98 Å². The predicted octanol–water partition coefficient (Wildman–Crippen LogP) is 3.37. The van der Waals surface area contributed by atoms with Crippen LogP contribution in [0.4, 0.5) is 5.95 Å². The van der Waals surface area contributed by atoms with Crippen LogP contribution in [-0.4, -0.2) is 50.5 Å². The molecule has 164 valence electrons. The lowest BCUT2D eigenvalue weighted by Gasteiger charge is -2.28. The molecule has 1 saturated heterocycles. The minimum Gasteiger partial charge on any atom is -0.378 e. The average molecular weight is 469 g/mol. The van der Waals surface area contributed by atoms with E-state index in [-0.39, 0.29) is 5.56 Å². The van der Waals surface area contributed by atoms with Gasteiger partial charge in [-0.1, -0.05) is 41.6 Å². The van der Waals surface area contributed by atoms with Crippen molar-refractivity contribution in [2.45, 2.75) is 17.8 Å². The highest BCUT2D eigenvalue weighted by atomic mass is 35.5. The molecule has 1 aliphatic rings. The lowest BCUT2D eigenvalue weighted by atomic mass is 10.2. The van der Waals surface area contributed by atoms with Crippen LogP contribution in [0.3, 0.4) is 0 Å². The van der Waals surface area contributed by atoms with Crippen molar-refractivity contribution in [3.63, 3.8) is 0 Å². The molecule has 32 heavy (non-hydrogen) atoms. The molecule has 0 amide bonds. The minimum absolute atomic E-state index is 0.164. The van der Waals surface area contributed by atoms with Crippen LogP contribution >= 0.6 is 23.4 Å². The Labute approximate surface area is 193 Å². The van der Waals surface area contributed by atoms with E-state index in [2.05, 4.69) is 43.7 Å². The second-order valence-electron chi connectivity index (χ2n) is 7.45. The van der Waals surface area contributed by atoms with Crippen LogP contribution in [-0.2, 0) is 10.5 Å². The van der Waals surface area contributed by atoms with E-state index in [1.165, 1.54) is 22.2 Å². The number of ether oxygens (including phenoxy) is 1. The molecule has 10 heteroatoms.